The Kier molecular flexibility index (Phi) is 2.27. The summed E-state index contributed by atoms with van der Waals surface area (Å²) >= 11 is 0. The SMILES string of the molecule is CC#Cc1ccc2c(c1)Cc1cc(C)ccc1-2. The van der Waals surface area contributed by atoms with Gasteiger partial charge in [0.15, 0.2) is 0 Å². The number of fused-ring (bicyclic) bond motifs is 3. The van der Waals surface area contributed by atoms with Crippen molar-refractivity contribution in [2.75, 3.05) is 0 Å². The molecule has 2 aromatic rings. The molecule has 0 N–H and O–H groups in total. The molecule has 0 saturated carbocycles. The van der Waals surface area contributed by atoms with Gasteiger partial charge in [0.05, 0.1) is 0 Å². The van der Waals surface area contributed by atoms with Crippen LogP contribution in [0.15, 0.2) is 36.4 Å². The van der Waals surface area contributed by atoms with Gasteiger partial charge in [-0.25, -0.2) is 0 Å². The number of aryl methyl sites for hydroxylation is 1. The normalized spacial score (nSPS) is 11.4. The van der Waals surface area contributed by atoms with Crippen LogP contribution in [0.25, 0.3) is 11.1 Å². The minimum atomic E-state index is 1.05. The molecule has 17 heavy (non-hydrogen) atoms. The van der Waals surface area contributed by atoms with Gasteiger partial charge in [-0.1, -0.05) is 35.7 Å². The summed E-state index contributed by atoms with van der Waals surface area (Å²) in [6, 6.07) is 13.3. The molecular weight excluding hydrogens is 204 g/mol. The molecule has 3 rings (SSSR count). The van der Waals surface area contributed by atoms with E-state index in [1.807, 2.05) is 6.92 Å². The minimum Gasteiger partial charge on any atom is -0.101 e. The van der Waals surface area contributed by atoms with Crippen LogP contribution in [0, 0.1) is 18.8 Å². The number of rotatable bonds is 0. The Morgan fingerprint density at radius 1 is 0.941 bits per heavy atom. The van der Waals surface area contributed by atoms with Crippen molar-refractivity contribution in [1.82, 2.24) is 0 Å². The van der Waals surface area contributed by atoms with Gasteiger partial charge >= 0.3 is 0 Å². The molecule has 0 aliphatic heterocycles. The van der Waals surface area contributed by atoms with E-state index < -0.39 is 0 Å². The van der Waals surface area contributed by atoms with Gasteiger partial charge in [-0.05, 0) is 54.7 Å². The van der Waals surface area contributed by atoms with Gasteiger partial charge in [0.2, 0.25) is 0 Å². The van der Waals surface area contributed by atoms with Gasteiger partial charge in [-0.2, -0.15) is 0 Å². The van der Waals surface area contributed by atoms with Crippen molar-refractivity contribution in [3.63, 3.8) is 0 Å². The second kappa shape index (κ2) is 3.79. The molecule has 0 spiro atoms. The van der Waals surface area contributed by atoms with Crippen LogP contribution in [-0.4, -0.2) is 0 Å². The summed E-state index contributed by atoms with van der Waals surface area (Å²) < 4.78 is 0. The lowest BCUT2D eigenvalue weighted by molar-refractivity contribution is 1.25. The molecule has 0 aromatic heterocycles. The van der Waals surface area contributed by atoms with Crippen molar-refractivity contribution < 1.29 is 0 Å². The van der Waals surface area contributed by atoms with Crippen molar-refractivity contribution >= 4 is 0 Å². The van der Waals surface area contributed by atoms with E-state index in [4.69, 9.17) is 0 Å². The van der Waals surface area contributed by atoms with E-state index in [0.29, 0.717) is 0 Å². The van der Waals surface area contributed by atoms with Gasteiger partial charge in [0.1, 0.15) is 0 Å². The van der Waals surface area contributed by atoms with Crippen molar-refractivity contribution in [2.45, 2.75) is 20.3 Å². The van der Waals surface area contributed by atoms with Crippen LogP contribution in [-0.2, 0) is 6.42 Å². The lowest BCUT2D eigenvalue weighted by atomic mass is 10.0. The molecule has 1 aliphatic rings. The molecular formula is C17H14. The van der Waals surface area contributed by atoms with Crippen LogP contribution in [0.2, 0.25) is 0 Å². The molecule has 82 valence electrons. The molecule has 0 fully saturated rings. The average Bonchev–Trinajstić information content (AvgIpc) is 2.65. The summed E-state index contributed by atoms with van der Waals surface area (Å²) in [7, 11) is 0. The van der Waals surface area contributed by atoms with E-state index in [-0.39, 0.29) is 0 Å². The van der Waals surface area contributed by atoms with Crippen molar-refractivity contribution in [1.29, 1.82) is 0 Å². The second-order valence-electron chi connectivity index (χ2n) is 4.58. The fourth-order valence-corrected chi connectivity index (χ4v) is 2.56. The van der Waals surface area contributed by atoms with E-state index in [1.165, 1.54) is 27.8 Å². The van der Waals surface area contributed by atoms with E-state index in [2.05, 4.69) is 55.2 Å². The maximum Gasteiger partial charge on any atom is 0.0248 e. The van der Waals surface area contributed by atoms with E-state index in [9.17, 15) is 0 Å². The summed E-state index contributed by atoms with van der Waals surface area (Å²) in [6.45, 7) is 4.03. The quantitative estimate of drug-likeness (QED) is 0.501. The van der Waals surface area contributed by atoms with E-state index >= 15 is 0 Å². The maximum atomic E-state index is 3.13. The Bertz CT molecular complexity index is 651. The molecule has 1 aliphatic carbocycles. The summed E-state index contributed by atoms with van der Waals surface area (Å²) in [4.78, 5) is 0. The number of benzene rings is 2. The highest BCUT2D eigenvalue weighted by Gasteiger charge is 2.17. The highest BCUT2D eigenvalue weighted by atomic mass is 14.2. The standard InChI is InChI=1S/C17H14/c1-3-4-13-6-8-17-15(10-13)11-14-9-12(2)5-7-16(14)17/h5-10H,11H2,1-2H3. The molecule has 0 heteroatoms. The Balaban J connectivity index is 2.14. The first kappa shape index (κ1) is 10.2. The van der Waals surface area contributed by atoms with Gasteiger partial charge in [-0.3, -0.25) is 0 Å². The van der Waals surface area contributed by atoms with Crippen LogP contribution in [0.5, 0.6) is 0 Å². The molecule has 0 bridgehead atoms. The zero-order valence-electron chi connectivity index (χ0n) is 10.2. The van der Waals surface area contributed by atoms with Crippen LogP contribution in [0.4, 0.5) is 0 Å². The van der Waals surface area contributed by atoms with Crippen molar-refractivity contribution in [3.05, 3.63) is 58.7 Å². The largest absolute Gasteiger partial charge is 0.101 e. The van der Waals surface area contributed by atoms with E-state index in [0.717, 1.165) is 12.0 Å². The Hall–Kier alpha value is -2.00. The molecule has 0 unspecified atom stereocenters. The molecule has 0 atom stereocenters. The van der Waals surface area contributed by atoms with Crippen LogP contribution < -0.4 is 0 Å². The first-order chi connectivity index (χ1) is 8.28. The first-order valence-corrected chi connectivity index (χ1v) is 5.93. The van der Waals surface area contributed by atoms with Gasteiger partial charge in [0.25, 0.3) is 0 Å². The second-order valence-corrected chi connectivity index (χ2v) is 4.58. The van der Waals surface area contributed by atoms with Crippen LogP contribution in [0.3, 0.4) is 0 Å². The number of hydrogen-bond acceptors (Lipinski definition) is 0. The smallest absolute Gasteiger partial charge is 0.0248 e. The monoisotopic (exact) mass is 218 g/mol. The minimum absolute atomic E-state index is 1.05. The molecule has 0 heterocycles. The fraction of sp³-hybridized carbons (Fsp3) is 0.176. The topological polar surface area (TPSA) is 0 Å². The van der Waals surface area contributed by atoms with Crippen molar-refractivity contribution in [2.24, 2.45) is 0 Å². The highest BCUT2D eigenvalue weighted by molar-refractivity contribution is 5.77. The van der Waals surface area contributed by atoms with Gasteiger partial charge < -0.3 is 0 Å². The Morgan fingerprint density at radius 3 is 2.41 bits per heavy atom. The summed E-state index contributed by atoms with van der Waals surface area (Å²) in [5.41, 5.74) is 8.08. The van der Waals surface area contributed by atoms with E-state index in [1.54, 1.807) is 0 Å². The lowest BCUT2D eigenvalue weighted by Gasteiger charge is -2.01. The third-order valence-corrected chi connectivity index (χ3v) is 3.31. The van der Waals surface area contributed by atoms with Gasteiger partial charge in [0, 0.05) is 5.56 Å². The molecule has 0 saturated heterocycles. The average molecular weight is 218 g/mol. The highest BCUT2D eigenvalue weighted by Crippen LogP contribution is 2.37. The maximum absolute atomic E-state index is 3.13. The first-order valence-electron chi connectivity index (χ1n) is 5.93. The molecule has 0 amide bonds. The summed E-state index contributed by atoms with van der Waals surface area (Å²) in [6.07, 6.45) is 1.05. The molecule has 0 nitrogen and oxygen atoms in total. The summed E-state index contributed by atoms with van der Waals surface area (Å²) in [5.74, 6) is 6.08. The van der Waals surface area contributed by atoms with Crippen LogP contribution in [0.1, 0.15) is 29.2 Å². The molecule has 0 radical (unpaired) electrons. The third kappa shape index (κ3) is 1.65. The third-order valence-electron chi connectivity index (χ3n) is 3.31. The number of hydrogen-bond donors (Lipinski definition) is 0. The fourth-order valence-electron chi connectivity index (χ4n) is 2.56. The Morgan fingerprint density at radius 2 is 1.65 bits per heavy atom. The lowest BCUT2D eigenvalue weighted by Crippen LogP contribution is -1.82. The zero-order chi connectivity index (χ0) is 11.8. The predicted octanol–water partition coefficient (Wildman–Crippen LogP) is 3.94. The van der Waals surface area contributed by atoms with Gasteiger partial charge in [-0.15, -0.1) is 5.92 Å². The predicted molar refractivity (Wildman–Crippen MR) is 72.0 cm³/mol. The Labute approximate surface area is 102 Å². The zero-order valence-corrected chi connectivity index (χ0v) is 10.2. The van der Waals surface area contributed by atoms with Crippen molar-refractivity contribution in [3.8, 4) is 23.0 Å². The molecule has 2 aromatic carbocycles. The summed E-state index contributed by atoms with van der Waals surface area (Å²) in [5, 5.41) is 0. The van der Waals surface area contributed by atoms with Crippen LogP contribution >= 0.6 is 0 Å².